The lowest BCUT2D eigenvalue weighted by Gasteiger charge is -2.32. The second kappa shape index (κ2) is 3.93. The maximum absolute atomic E-state index is 10.8. The van der Waals surface area contributed by atoms with Gasteiger partial charge in [0.1, 0.15) is 0 Å². The van der Waals surface area contributed by atoms with Crippen LogP contribution in [0.2, 0.25) is 0 Å². The first-order valence-corrected chi connectivity index (χ1v) is 6.05. The Morgan fingerprint density at radius 3 is 2.67 bits per heavy atom. The van der Waals surface area contributed by atoms with Crippen LogP contribution in [-0.4, -0.2) is 16.1 Å². The van der Waals surface area contributed by atoms with E-state index in [1.165, 1.54) is 4.88 Å². The van der Waals surface area contributed by atoms with Crippen molar-refractivity contribution < 1.29 is 9.90 Å². The molecule has 2 atom stereocenters. The smallest absolute Gasteiger partial charge is 0.306 e. The summed E-state index contributed by atoms with van der Waals surface area (Å²) in [6.45, 7) is 4.07. The number of nitrogens with zero attached hydrogens (tertiary/aromatic N) is 1. The molecule has 0 amide bonds. The van der Waals surface area contributed by atoms with Gasteiger partial charge in [0.2, 0.25) is 0 Å². The molecule has 3 nitrogen and oxygen atoms in total. The van der Waals surface area contributed by atoms with Crippen LogP contribution in [0, 0.1) is 25.7 Å². The molecule has 1 aromatic heterocycles. The van der Waals surface area contributed by atoms with Crippen molar-refractivity contribution in [3.05, 3.63) is 15.6 Å². The number of aryl methyl sites for hydroxylation is 2. The maximum atomic E-state index is 10.8. The van der Waals surface area contributed by atoms with Crippen LogP contribution in [-0.2, 0) is 11.2 Å². The van der Waals surface area contributed by atoms with Gasteiger partial charge in [-0.3, -0.25) is 4.79 Å². The minimum Gasteiger partial charge on any atom is -0.481 e. The fourth-order valence-corrected chi connectivity index (χ4v) is 3.02. The molecule has 1 aliphatic carbocycles. The van der Waals surface area contributed by atoms with E-state index >= 15 is 0 Å². The summed E-state index contributed by atoms with van der Waals surface area (Å²) in [7, 11) is 0. The van der Waals surface area contributed by atoms with E-state index in [-0.39, 0.29) is 5.92 Å². The molecule has 82 valence electrons. The third-order valence-corrected chi connectivity index (χ3v) is 4.34. The number of carbonyl (C=O) groups is 1. The number of carboxylic acids is 1. The first kappa shape index (κ1) is 10.6. The molecule has 0 bridgehead atoms. The van der Waals surface area contributed by atoms with Gasteiger partial charge < -0.3 is 5.11 Å². The molecule has 1 aliphatic rings. The van der Waals surface area contributed by atoms with Crippen LogP contribution in [0.4, 0.5) is 0 Å². The second-order valence-electron chi connectivity index (χ2n) is 4.24. The van der Waals surface area contributed by atoms with Gasteiger partial charge in [0, 0.05) is 11.3 Å². The van der Waals surface area contributed by atoms with Crippen LogP contribution in [0.3, 0.4) is 0 Å². The van der Waals surface area contributed by atoms with Crippen molar-refractivity contribution in [2.45, 2.75) is 33.1 Å². The number of hydrogen-bond donors (Lipinski definition) is 1. The van der Waals surface area contributed by atoms with Gasteiger partial charge in [-0.1, -0.05) is 0 Å². The van der Waals surface area contributed by atoms with Crippen LogP contribution in [0.5, 0.6) is 0 Å². The Labute approximate surface area is 93.2 Å². The molecule has 0 aromatic carbocycles. The number of hydrogen-bond acceptors (Lipinski definition) is 3. The normalized spacial score (nSPS) is 24.9. The van der Waals surface area contributed by atoms with Gasteiger partial charge in [0.25, 0.3) is 0 Å². The van der Waals surface area contributed by atoms with E-state index in [0.29, 0.717) is 5.92 Å². The molecule has 0 aliphatic heterocycles. The molecule has 1 fully saturated rings. The quantitative estimate of drug-likeness (QED) is 0.859. The highest BCUT2D eigenvalue weighted by Crippen LogP contribution is 2.37. The Morgan fingerprint density at radius 2 is 2.27 bits per heavy atom. The van der Waals surface area contributed by atoms with Crippen molar-refractivity contribution in [3.8, 4) is 0 Å². The lowest BCUT2D eigenvalue weighted by Crippen LogP contribution is -2.34. The van der Waals surface area contributed by atoms with Gasteiger partial charge >= 0.3 is 5.97 Å². The number of aliphatic carboxylic acids is 1. The first-order valence-electron chi connectivity index (χ1n) is 5.23. The summed E-state index contributed by atoms with van der Waals surface area (Å²) in [5, 5.41) is 10.0. The Hall–Kier alpha value is -0.900. The maximum Gasteiger partial charge on any atom is 0.306 e. The summed E-state index contributed by atoms with van der Waals surface area (Å²) in [5.41, 5.74) is 1.08. The molecule has 4 heteroatoms. The van der Waals surface area contributed by atoms with Gasteiger partial charge in [0.05, 0.1) is 16.6 Å². The monoisotopic (exact) mass is 225 g/mol. The third-order valence-electron chi connectivity index (χ3n) is 3.24. The standard InChI is InChI=1S/C11H15NO2S/c1-6-7(2)15-10(12-6)5-8-3-4-9(8)11(13)14/h8-9H,3-5H2,1-2H3,(H,13,14). The molecule has 1 N–H and O–H groups in total. The minimum absolute atomic E-state index is 0.130. The fourth-order valence-electron chi connectivity index (χ4n) is 1.99. The summed E-state index contributed by atoms with van der Waals surface area (Å²) in [6, 6.07) is 0. The van der Waals surface area contributed by atoms with Crippen molar-refractivity contribution in [2.75, 3.05) is 0 Å². The van der Waals surface area contributed by atoms with Gasteiger partial charge in [-0.25, -0.2) is 4.98 Å². The molecule has 2 rings (SSSR count). The van der Waals surface area contributed by atoms with Crippen molar-refractivity contribution in [1.82, 2.24) is 4.98 Å². The largest absolute Gasteiger partial charge is 0.481 e. The van der Waals surface area contributed by atoms with E-state index in [2.05, 4.69) is 11.9 Å². The minimum atomic E-state index is -0.642. The van der Waals surface area contributed by atoms with Crippen molar-refractivity contribution in [2.24, 2.45) is 11.8 Å². The lowest BCUT2D eigenvalue weighted by atomic mass is 9.72. The topological polar surface area (TPSA) is 50.2 Å². The van der Waals surface area contributed by atoms with E-state index in [0.717, 1.165) is 30.0 Å². The van der Waals surface area contributed by atoms with Crippen molar-refractivity contribution in [3.63, 3.8) is 0 Å². The van der Waals surface area contributed by atoms with E-state index in [4.69, 9.17) is 5.11 Å². The van der Waals surface area contributed by atoms with E-state index < -0.39 is 5.97 Å². The first-order chi connectivity index (χ1) is 7.08. The van der Waals surface area contributed by atoms with Crippen LogP contribution in [0.25, 0.3) is 0 Å². The molecule has 0 saturated heterocycles. The van der Waals surface area contributed by atoms with Crippen LogP contribution < -0.4 is 0 Å². The predicted octanol–water partition coefficient (Wildman–Crippen LogP) is 2.41. The Balaban J connectivity index is 2.00. The summed E-state index contributed by atoms with van der Waals surface area (Å²) in [6.07, 6.45) is 2.72. The second-order valence-corrected chi connectivity index (χ2v) is 5.52. The van der Waals surface area contributed by atoms with Crippen LogP contribution >= 0.6 is 11.3 Å². The Kier molecular flexibility index (Phi) is 2.78. The van der Waals surface area contributed by atoms with Gasteiger partial charge in [-0.15, -0.1) is 11.3 Å². The SMILES string of the molecule is Cc1nc(CC2CCC2C(=O)O)sc1C. The van der Waals surface area contributed by atoms with E-state index in [1.54, 1.807) is 11.3 Å². The molecular weight excluding hydrogens is 210 g/mol. The lowest BCUT2D eigenvalue weighted by molar-refractivity contribution is -0.147. The zero-order valence-electron chi connectivity index (χ0n) is 8.99. The van der Waals surface area contributed by atoms with Gasteiger partial charge in [-0.2, -0.15) is 0 Å². The average Bonchev–Trinajstić information content (AvgIpc) is 2.39. The number of aromatic nitrogens is 1. The van der Waals surface area contributed by atoms with Crippen LogP contribution in [0.1, 0.15) is 28.4 Å². The van der Waals surface area contributed by atoms with Gasteiger partial charge in [-0.05, 0) is 32.6 Å². The third kappa shape index (κ3) is 2.04. The summed E-state index contributed by atoms with van der Waals surface area (Å²) in [4.78, 5) is 16.5. The molecule has 1 aromatic rings. The Morgan fingerprint density at radius 1 is 1.53 bits per heavy atom. The average molecular weight is 225 g/mol. The molecule has 1 saturated carbocycles. The highest BCUT2D eigenvalue weighted by atomic mass is 32.1. The van der Waals surface area contributed by atoms with Gasteiger partial charge in [0.15, 0.2) is 0 Å². The predicted molar refractivity (Wildman–Crippen MR) is 59.1 cm³/mol. The number of thiazole rings is 1. The zero-order chi connectivity index (χ0) is 11.0. The fraction of sp³-hybridized carbons (Fsp3) is 0.636. The highest BCUT2D eigenvalue weighted by molar-refractivity contribution is 7.11. The number of carboxylic acid groups (broad SMARTS) is 1. The summed E-state index contributed by atoms with van der Waals surface area (Å²) >= 11 is 1.70. The zero-order valence-corrected chi connectivity index (χ0v) is 9.80. The van der Waals surface area contributed by atoms with E-state index in [1.807, 2.05) is 6.92 Å². The highest BCUT2D eigenvalue weighted by Gasteiger charge is 2.36. The van der Waals surface area contributed by atoms with E-state index in [9.17, 15) is 4.79 Å². The molecule has 1 heterocycles. The molecule has 0 spiro atoms. The summed E-state index contributed by atoms with van der Waals surface area (Å²) < 4.78 is 0. The van der Waals surface area contributed by atoms with Crippen LogP contribution in [0.15, 0.2) is 0 Å². The van der Waals surface area contributed by atoms with Crippen molar-refractivity contribution in [1.29, 1.82) is 0 Å². The summed E-state index contributed by atoms with van der Waals surface area (Å²) in [5.74, 6) is -0.460. The Bertz CT molecular complexity index is 366. The molecule has 2 unspecified atom stereocenters. The molecule has 15 heavy (non-hydrogen) atoms. The van der Waals surface area contributed by atoms with Crippen molar-refractivity contribution >= 4 is 17.3 Å². The number of rotatable bonds is 3. The molecule has 0 radical (unpaired) electrons. The molecular formula is C11H15NO2S.